The highest BCUT2D eigenvalue weighted by atomic mass is 35.5. The standard InChI is InChI=1S/C18H13Cl2NO4/c1-23-15-9-10(7-12(19)16(15)24-2)8-13(20)17-21-14-6-4-3-5-11(14)18(22)25-17/h3-9H,1-2H3/b13-8-. The third kappa shape index (κ3) is 3.48. The molecule has 0 saturated heterocycles. The van der Waals surface area contributed by atoms with E-state index in [1.807, 2.05) is 0 Å². The highest BCUT2D eigenvalue weighted by Gasteiger charge is 2.13. The van der Waals surface area contributed by atoms with E-state index in [1.54, 1.807) is 42.5 Å². The van der Waals surface area contributed by atoms with Gasteiger partial charge in [0.05, 0.1) is 30.1 Å². The number of ether oxygens (including phenoxy) is 2. The Bertz CT molecular complexity index is 1030. The molecule has 128 valence electrons. The third-order valence-electron chi connectivity index (χ3n) is 3.49. The zero-order valence-corrected chi connectivity index (χ0v) is 14.9. The van der Waals surface area contributed by atoms with E-state index < -0.39 is 5.63 Å². The summed E-state index contributed by atoms with van der Waals surface area (Å²) in [5.41, 5.74) is 0.647. The van der Waals surface area contributed by atoms with Crippen molar-refractivity contribution in [3.63, 3.8) is 0 Å². The second-order valence-electron chi connectivity index (χ2n) is 5.05. The zero-order chi connectivity index (χ0) is 18.0. The smallest absolute Gasteiger partial charge is 0.347 e. The quantitative estimate of drug-likeness (QED) is 0.664. The van der Waals surface area contributed by atoms with Gasteiger partial charge in [0.1, 0.15) is 5.03 Å². The van der Waals surface area contributed by atoms with Crippen LogP contribution in [-0.2, 0) is 0 Å². The SMILES string of the molecule is COc1cc(/C=C(\Cl)c2nc3ccccc3c(=O)o2)cc(Cl)c1OC. The van der Waals surface area contributed by atoms with Crippen LogP contribution in [0, 0.1) is 0 Å². The highest BCUT2D eigenvalue weighted by Crippen LogP contribution is 2.37. The Morgan fingerprint density at radius 1 is 1.20 bits per heavy atom. The average Bonchev–Trinajstić information content (AvgIpc) is 2.61. The number of aromatic nitrogens is 1. The van der Waals surface area contributed by atoms with E-state index in [9.17, 15) is 4.79 Å². The Kier molecular flexibility index (Phi) is 4.97. The van der Waals surface area contributed by atoms with Gasteiger partial charge in [-0.25, -0.2) is 9.78 Å². The van der Waals surface area contributed by atoms with Crippen LogP contribution in [0.25, 0.3) is 22.0 Å². The summed E-state index contributed by atoms with van der Waals surface area (Å²) in [5, 5.41) is 0.918. The van der Waals surface area contributed by atoms with E-state index in [0.717, 1.165) is 0 Å². The largest absolute Gasteiger partial charge is 0.493 e. The Balaban J connectivity index is 2.08. The molecule has 5 nitrogen and oxygen atoms in total. The fraction of sp³-hybridized carbons (Fsp3) is 0.111. The second-order valence-corrected chi connectivity index (χ2v) is 5.87. The summed E-state index contributed by atoms with van der Waals surface area (Å²) in [6.45, 7) is 0. The molecular formula is C18H13Cl2NO4. The minimum absolute atomic E-state index is 0.0243. The van der Waals surface area contributed by atoms with Crippen molar-refractivity contribution in [1.82, 2.24) is 4.98 Å². The van der Waals surface area contributed by atoms with Crippen molar-refractivity contribution in [2.45, 2.75) is 0 Å². The molecule has 1 aromatic heterocycles. The van der Waals surface area contributed by atoms with Crippen LogP contribution in [0.2, 0.25) is 5.02 Å². The number of hydrogen-bond acceptors (Lipinski definition) is 5. The van der Waals surface area contributed by atoms with Gasteiger partial charge in [-0.1, -0.05) is 35.3 Å². The van der Waals surface area contributed by atoms with Gasteiger partial charge in [0.2, 0.25) is 5.89 Å². The Morgan fingerprint density at radius 3 is 2.68 bits per heavy atom. The first-order valence-electron chi connectivity index (χ1n) is 7.22. The van der Waals surface area contributed by atoms with E-state index in [4.69, 9.17) is 37.1 Å². The van der Waals surface area contributed by atoms with E-state index in [1.165, 1.54) is 14.2 Å². The van der Waals surface area contributed by atoms with Crippen LogP contribution in [0.15, 0.2) is 45.6 Å². The number of methoxy groups -OCH3 is 2. The lowest BCUT2D eigenvalue weighted by molar-refractivity contribution is 0.355. The van der Waals surface area contributed by atoms with Crippen LogP contribution in [0.4, 0.5) is 0 Å². The molecule has 0 aliphatic heterocycles. The summed E-state index contributed by atoms with van der Waals surface area (Å²) in [7, 11) is 3.01. The molecule has 0 spiro atoms. The molecule has 0 saturated carbocycles. The summed E-state index contributed by atoms with van der Waals surface area (Å²) in [5.74, 6) is 0.905. The predicted molar refractivity (Wildman–Crippen MR) is 98.6 cm³/mol. The van der Waals surface area contributed by atoms with Crippen molar-refractivity contribution in [3.8, 4) is 11.5 Å². The fourth-order valence-electron chi connectivity index (χ4n) is 2.35. The van der Waals surface area contributed by atoms with Crippen molar-refractivity contribution in [2.75, 3.05) is 14.2 Å². The number of benzene rings is 2. The monoisotopic (exact) mass is 377 g/mol. The molecule has 0 atom stereocenters. The van der Waals surface area contributed by atoms with Crippen molar-refractivity contribution in [2.24, 2.45) is 0 Å². The third-order valence-corrected chi connectivity index (χ3v) is 4.04. The van der Waals surface area contributed by atoms with Crippen LogP contribution < -0.4 is 15.1 Å². The first kappa shape index (κ1) is 17.3. The van der Waals surface area contributed by atoms with Gasteiger partial charge in [0.15, 0.2) is 11.5 Å². The van der Waals surface area contributed by atoms with Crippen LogP contribution in [-0.4, -0.2) is 19.2 Å². The molecule has 0 N–H and O–H groups in total. The van der Waals surface area contributed by atoms with E-state index in [0.29, 0.717) is 33.0 Å². The Hall–Kier alpha value is -2.50. The van der Waals surface area contributed by atoms with E-state index in [2.05, 4.69) is 4.98 Å². The van der Waals surface area contributed by atoms with E-state index >= 15 is 0 Å². The topological polar surface area (TPSA) is 61.6 Å². The summed E-state index contributed by atoms with van der Waals surface area (Å²) in [6, 6.07) is 10.2. The molecule has 1 heterocycles. The maximum atomic E-state index is 12.0. The lowest BCUT2D eigenvalue weighted by atomic mass is 10.2. The van der Waals surface area contributed by atoms with Gasteiger partial charge in [-0.2, -0.15) is 0 Å². The summed E-state index contributed by atoms with van der Waals surface area (Å²) < 4.78 is 15.6. The highest BCUT2D eigenvalue weighted by molar-refractivity contribution is 6.50. The molecule has 0 radical (unpaired) electrons. The predicted octanol–water partition coefficient (Wildman–Crippen LogP) is 4.60. The maximum Gasteiger partial charge on any atom is 0.347 e. The Morgan fingerprint density at radius 2 is 1.96 bits per heavy atom. The molecule has 0 fully saturated rings. The lowest BCUT2D eigenvalue weighted by Gasteiger charge is -2.10. The number of nitrogens with zero attached hydrogens (tertiary/aromatic N) is 1. The summed E-state index contributed by atoms with van der Waals surface area (Å²) in [4.78, 5) is 16.3. The number of rotatable bonds is 4. The molecule has 3 rings (SSSR count). The molecular weight excluding hydrogens is 365 g/mol. The number of fused-ring (bicyclic) bond motifs is 1. The molecule has 7 heteroatoms. The average molecular weight is 378 g/mol. The van der Waals surface area contributed by atoms with E-state index in [-0.39, 0.29) is 10.9 Å². The second kappa shape index (κ2) is 7.17. The van der Waals surface area contributed by atoms with Gasteiger partial charge < -0.3 is 13.9 Å². The van der Waals surface area contributed by atoms with Gasteiger partial charge in [-0.05, 0) is 35.9 Å². The van der Waals surface area contributed by atoms with Gasteiger partial charge in [0.25, 0.3) is 0 Å². The zero-order valence-electron chi connectivity index (χ0n) is 13.4. The van der Waals surface area contributed by atoms with Gasteiger partial charge >= 0.3 is 5.63 Å². The van der Waals surface area contributed by atoms with Crippen molar-refractivity contribution >= 4 is 45.2 Å². The molecule has 0 aliphatic rings. The molecule has 25 heavy (non-hydrogen) atoms. The number of para-hydroxylation sites is 1. The normalized spacial score (nSPS) is 11.6. The molecule has 0 amide bonds. The van der Waals surface area contributed by atoms with Gasteiger partial charge in [-0.3, -0.25) is 0 Å². The molecule has 0 bridgehead atoms. The van der Waals surface area contributed by atoms with Crippen LogP contribution in [0.3, 0.4) is 0 Å². The van der Waals surface area contributed by atoms with Crippen LogP contribution >= 0.6 is 23.2 Å². The van der Waals surface area contributed by atoms with Crippen molar-refractivity contribution in [1.29, 1.82) is 0 Å². The summed E-state index contributed by atoms with van der Waals surface area (Å²) >= 11 is 12.5. The molecule has 0 unspecified atom stereocenters. The molecule has 3 aromatic rings. The van der Waals surface area contributed by atoms with Crippen LogP contribution in [0.5, 0.6) is 11.5 Å². The minimum Gasteiger partial charge on any atom is -0.493 e. The first-order valence-corrected chi connectivity index (χ1v) is 7.98. The van der Waals surface area contributed by atoms with Crippen molar-refractivity contribution in [3.05, 3.63) is 63.3 Å². The van der Waals surface area contributed by atoms with Crippen LogP contribution in [0.1, 0.15) is 11.5 Å². The van der Waals surface area contributed by atoms with Gasteiger partial charge in [-0.15, -0.1) is 0 Å². The fourth-order valence-corrected chi connectivity index (χ4v) is 2.85. The van der Waals surface area contributed by atoms with Gasteiger partial charge in [0, 0.05) is 0 Å². The molecule has 0 aliphatic carbocycles. The Labute approximate surface area is 153 Å². The maximum absolute atomic E-state index is 12.0. The number of halogens is 2. The molecule has 2 aromatic carbocycles. The summed E-state index contributed by atoms with van der Waals surface area (Å²) in [6.07, 6.45) is 1.58. The lowest BCUT2D eigenvalue weighted by Crippen LogP contribution is -2.03. The number of hydrogen-bond donors (Lipinski definition) is 0. The van der Waals surface area contributed by atoms with Crippen molar-refractivity contribution < 1.29 is 13.9 Å². The minimum atomic E-state index is -0.502. The first-order chi connectivity index (χ1) is 12.0.